The third-order valence-electron chi connectivity index (χ3n) is 3.85. The Morgan fingerprint density at radius 1 is 1.50 bits per heavy atom. The zero-order valence-corrected chi connectivity index (χ0v) is 13.6. The molecule has 1 fully saturated rings. The monoisotopic (exact) mass is 326 g/mol. The molecule has 22 heavy (non-hydrogen) atoms. The summed E-state index contributed by atoms with van der Waals surface area (Å²) in [7, 11) is 1.66. The summed E-state index contributed by atoms with van der Waals surface area (Å²) >= 11 is 5.81. The fourth-order valence-corrected chi connectivity index (χ4v) is 2.84. The van der Waals surface area contributed by atoms with Gasteiger partial charge in [-0.25, -0.2) is 0 Å². The van der Waals surface area contributed by atoms with Gasteiger partial charge in [0, 0.05) is 25.2 Å². The van der Waals surface area contributed by atoms with Gasteiger partial charge in [-0.05, 0) is 43.7 Å². The van der Waals surface area contributed by atoms with Crippen LogP contribution >= 0.6 is 11.6 Å². The smallest absolute Gasteiger partial charge is 0.224 e. The maximum Gasteiger partial charge on any atom is 0.224 e. The Labute approximate surface area is 136 Å². The van der Waals surface area contributed by atoms with E-state index in [1.54, 1.807) is 31.3 Å². The molecule has 1 heterocycles. The van der Waals surface area contributed by atoms with Crippen LogP contribution in [0.25, 0.3) is 0 Å². The standard InChI is InChI=1S/C16H23ClN2O3/c1-18-16(21)12-3-2-8-19(9-12)10-14(20)11-22-15-6-4-13(17)5-7-15/h4-7,12,14,20H,2-3,8-11H2,1H3,(H,18,21). The normalized spacial score (nSPS) is 20.4. The molecule has 1 aliphatic heterocycles. The van der Waals surface area contributed by atoms with Crippen LogP contribution in [0.3, 0.4) is 0 Å². The number of likely N-dealkylation sites (tertiary alicyclic amines) is 1. The van der Waals surface area contributed by atoms with Crippen LogP contribution in [0.4, 0.5) is 0 Å². The van der Waals surface area contributed by atoms with Crippen molar-refractivity contribution in [3.05, 3.63) is 29.3 Å². The Bertz CT molecular complexity index is 481. The number of hydrogen-bond donors (Lipinski definition) is 2. The second-order valence-corrected chi connectivity index (χ2v) is 6.07. The minimum atomic E-state index is -0.584. The first-order chi connectivity index (χ1) is 10.6. The van der Waals surface area contributed by atoms with E-state index in [0.717, 1.165) is 19.4 Å². The quantitative estimate of drug-likeness (QED) is 0.832. The summed E-state index contributed by atoms with van der Waals surface area (Å²) in [6.07, 6.45) is 1.30. The number of rotatable bonds is 6. The summed E-state index contributed by atoms with van der Waals surface area (Å²) in [4.78, 5) is 13.8. The van der Waals surface area contributed by atoms with E-state index >= 15 is 0 Å². The minimum absolute atomic E-state index is 0.0168. The van der Waals surface area contributed by atoms with E-state index in [1.165, 1.54) is 0 Å². The van der Waals surface area contributed by atoms with Gasteiger partial charge in [0.05, 0.1) is 5.92 Å². The molecule has 1 saturated heterocycles. The molecule has 0 spiro atoms. The molecule has 0 aromatic heterocycles. The molecule has 2 atom stereocenters. The molecule has 1 amide bonds. The number of amides is 1. The van der Waals surface area contributed by atoms with Crippen LogP contribution in [-0.4, -0.2) is 55.3 Å². The van der Waals surface area contributed by atoms with Gasteiger partial charge in [-0.3, -0.25) is 9.69 Å². The highest BCUT2D eigenvalue weighted by Gasteiger charge is 2.26. The molecule has 2 rings (SSSR count). The van der Waals surface area contributed by atoms with Crippen molar-refractivity contribution in [2.45, 2.75) is 18.9 Å². The van der Waals surface area contributed by atoms with Crippen molar-refractivity contribution in [2.24, 2.45) is 5.92 Å². The first-order valence-corrected chi connectivity index (χ1v) is 7.96. The summed E-state index contributed by atoms with van der Waals surface area (Å²) in [5.74, 6) is 0.782. The Morgan fingerprint density at radius 3 is 2.91 bits per heavy atom. The Hall–Kier alpha value is -1.30. The molecule has 1 aromatic carbocycles. The van der Waals surface area contributed by atoms with Gasteiger partial charge < -0.3 is 15.2 Å². The van der Waals surface area contributed by atoms with Crippen LogP contribution in [0, 0.1) is 5.92 Å². The molecule has 0 radical (unpaired) electrons. The van der Waals surface area contributed by atoms with Gasteiger partial charge in [0.15, 0.2) is 0 Å². The third kappa shape index (κ3) is 5.16. The van der Waals surface area contributed by atoms with Gasteiger partial charge in [0.25, 0.3) is 0 Å². The predicted molar refractivity (Wildman–Crippen MR) is 86.2 cm³/mol. The van der Waals surface area contributed by atoms with Crippen LogP contribution in [0.1, 0.15) is 12.8 Å². The molecule has 2 unspecified atom stereocenters. The van der Waals surface area contributed by atoms with E-state index < -0.39 is 6.10 Å². The van der Waals surface area contributed by atoms with E-state index in [4.69, 9.17) is 16.3 Å². The highest BCUT2D eigenvalue weighted by atomic mass is 35.5. The molecule has 122 valence electrons. The summed E-state index contributed by atoms with van der Waals surface area (Å²) in [5.41, 5.74) is 0. The summed E-state index contributed by atoms with van der Waals surface area (Å²) in [5, 5.41) is 13.5. The lowest BCUT2D eigenvalue weighted by atomic mass is 9.97. The molecule has 2 N–H and O–H groups in total. The number of piperidine rings is 1. The second kappa shape index (κ2) is 8.36. The molecule has 6 heteroatoms. The van der Waals surface area contributed by atoms with Crippen molar-refractivity contribution in [1.82, 2.24) is 10.2 Å². The number of ether oxygens (including phenoxy) is 1. The number of nitrogens with zero attached hydrogens (tertiary/aromatic N) is 1. The Balaban J connectivity index is 1.75. The van der Waals surface area contributed by atoms with Crippen molar-refractivity contribution < 1.29 is 14.6 Å². The summed E-state index contributed by atoms with van der Waals surface area (Å²) < 4.78 is 5.55. The Kier molecular flexibility index (Phi) is 6.49. The number of hydrogen-bond acceptors (Lipinski definition) is 4. The van der Waals surface area contributed by atoms with Crippen LogP contribution in [0.15, 0.2) is 24.3 Å². The molecule has 5 nitrogen and oxygen atoms in total. The highest BCUT2D eigenvalue weighted by molar-refractivity contribution is 6.30. The second-order valence-electron chi connectivity index (χ2n) is 5.63. The highest BCUT2D eigenvalue weighted by Crippen LogP contribution is 2.18. The lowest BCUT2D eigenvalue weighted by Crippen LogP contribution is -2.45. The molecular weight excluding hydrogens is 304 g/mol. The largest absolute Gasteiger partial charge is 0.491 e. The van der Waals surface area contributed by atoms with E-state index in [-0.39, 0.29) is 18.4 Å². The number of aliphatic hydroxyl groups excluding tert-OH is 1. The van der Waals surface area contributed by atoms with Gasteiger partial charge in [-0.2, -0.15) is 0 Å². The summed E-state index contributed by atoms with van der Waals surface area (Å²) in [6, 6.07) is 7.05. The first kappa shape index (κ1) is 17.1. The lowest BCUT2D eigenvalue weighted by molar-refractivity contribution is -0.126. The fourth-order valence-electron chi connectivity index (χ4n) is 2.71. The number of halogens is 1. The Morgan fingerprint density at radius 2 is 2.23 bits per heavy atom. The van der Waals surface area contributed by atoms with Gasteiger partial charge >= 0.3 is 0 Å². The molecule has 1 aromatic rings. The fraction of sp³-hybridized carbons (Fsp3) is 0.562. The molecule has 1 aliphatic rings. The summed E-state index contributed by atoms with van der Waals surface area (Å²) in [6.45, 7) is 2.34. The maximum absolute atomic E-state index is 11.7. The van der Waals surface area contributed by atoms with Crippen molar-refractivity contribution >= 4 is 17.5 Å². The number of aliphatic hydroxyl groups is 1. The third-order valence-corrected chi connectivity index (χ3v) is 4.10. The van der Waals surface area contributed by atoms with Crippen LogP contribution in [0.5, 0.6) is 5.75 Å². The van der Waals surface area contributed by atoms with Gasteiger partial charge in [0.2, 0.25) is 5.91 Å². The van der Waals surface area contributed by atoms with Gasteiger partial charge in [0.1, 0.15) is 18.5 Å². The van der Waals surface area contributed by atoms with Crippen molar-refractivity contribution in [1.29, 1.82) is 0 Å². The molecule has 0 aliphatic carbocycles. The predicted octanol–water partition coefficient (Wildman–Crippen LogP) is 1.54. The van der Waals surface area contributed by atoms with Gasteiger partial charge in [-0.15, -0.1) is 0 Å². The average molecular weight is 327 g/mol. The van der Waals surface area contributed by atoms with E-state index in [0.29, 0.717) is 23.9 Å². The molecular formula is C16H23ClN2O3. The lowest BCUT2D eigenvalue weighted by Gasteiger charge is -2.32. The topological polar surface area (TPSA) is 61.8 Å². The number of benzene rings is 1. The van der Waals surface area contributed by atoms with E-state index in [9.17, 15) is 9.90 Å². The maximum atomic E-state index is 11.7. The first-order valence-electron chi connectivity index (χ1n) is 7.59. The number of β-amino-alcohol motifs (C(OH)–C–C–N with tert-alkyl or cyclic N) is 1. The number of carbonyl (C=O) groups is 1. The molecule has 0 saturated carbocycles. The van der Waals surface area contributed by atoms with E-state index in [2.05, 4.69) is 10.2 Å². The van der Waals surface area contributed by atoms with Gasteiger partial charge in [-0.1, -0.05) is 11.6 Å². The average Bonchev–Trinajstić information content (AvgIpc) is 2.54. The number of nitrogens with one attached hydrogen (secondary N) is 1. The number of carbonyl (C=O) groups excluding carboxylic acids is 1. The zero-order valence-electron chi connectivity index (χ0n) is 12.8. The zero-order chi connectivity index (χ0) is 15.9. The SMILES string of the molecule is CNC(=O)C1CCCN(CC(O)COc2ccc(Cl)cc2)C1. The van der Waals surface area contributed by atoms with Crippen LogP contribution < -0.4 is 10.1 Å². The minimum Gasteiger partial charge on any atom is -0.491 e. The van der Waals surface area contributed by atoms with Crippen LogP contribution in [-0.2, 0) is 4.79 Å². The van der Waals surface area contributed by atoms with Crippen molar-refractivity contribution in [3.8, 4) is 5.75 Å². The molecule has 0 bridgehead atoms. The van der Waals surface area contributed by atoms with Crippen molar-refractivity contribution in [3.63, 3.8) is 0 Å². The van der Waals surface area contributed by atoms with E-state index in [1.807, 2.05) is 0 Å². The van der Waals surface area contributed by atoms with Crippen LogP contribution in [0.2, 0.25) is 5.02 Å². The van der Waals surface area contributed by atoms with Crippen molar-refractivity contribution in [2.75, 3.05) is 33.3 Å².